The Morgan fingerprint density at radius 2 is 1.62 bits per heavy atom. The molecular weight excluding hydrogens is 374 g/mol. The number of benzene rings is 2. The van der Waals surface area contributed by atoms with Crippen LogP contribution in [0.1, 0.15) is 31.9 Å². The van der Waals surface area contributed by atoms with Gasteiger partial charge in [-0.15, -0.1) is 0 Å². The standard InChI is InChI=1S/C22H27NO6/c1-22(2,3)29-21(27)23-18(19(24)20(25)26)13-15-9-11-17(12-10-15)28-14-16-7-5-4-6-8-16/h4-12,18-19,24H,13-14H2,1-3H3,(H,23,27)(H,25,26)/t18-,19-/m1/s1. The molecule has 156 valence electrons. The molecule has 7 nitrogen and oxygen atoms in total. The Hall–Kier alpha value is -3.06. The van der Waals surface area contributed by atoms with Crippen molar-refractivity contribution < 1.29 is 29.3 Å². The molecule has 0 bridgehead atoms. The molecule has 0 heterocycles. The number of hydrogen-bond acceptors (Lipinski definition) is 5. The van der Waals surface area contributed by atoms with Crippen LogP contribution in [-0.2, 0) is 22.6 Å². The first kappa shape index (κ1) is 22.2. The van der Waals surface area contributed by atoms with Gasteiger partial charge >= 0.3 is 12.1 Å². The highest BCUT2D eigenvalue weighted by Crippen LogP contribution is 2.16. The summed E-state index contributed by atoms with van der Waals surface area (Å²) in [6, 6.07) is 15.7. The lowest BCUT2D eigenvalue weighted by Gasteiger charge is -2.25. The van der Waals surface area contributed by atoms with Crippen LogP contribution in [0.3, 0.4) is 0 Å². The molecule has 0 aliphatic heterocycles. The van der Waals surface area contributed by atoms with Crippen molar-refractivity contribution in [2.24, 2.45) is 0 Å². The molecule has 0 saturated heterocycles. The molecule has 0 aromatic heterocycles. The smallest absolute Gasteiger partial charge is 0.407 e. The first-order valence-corrected chi connectivity index (χ1v) is 9.30. The number of carboxylic acids is 1. The number of nitrogens with one attached hydrogen (secondary N) is 1. The van der Waals surface area contributed by atoms with Crippen LogP contribution in [0.4, 0.5) is 4.79 Å². The molecule has 2 atom stereocenters. The third-order valence-corrected chi connectivity index (χ3v) is 3.96. The average molecular weight is 401 g/mol. The fraction of sp³-hybridized carbons (Fsp3) is 0.364. The zero-order valence-electron chi connectivity index (χ0n) is 16.8. The van der Waals surface area contributed by atoms with Crippen molar-refractivity contribution >= 4 is 12.1 Å². The maximum atomic E-state index is 12.0. The van der Waals surface area contributed by atoms with Crippen LogP contribution >= 0.6 is 0 Å². The normalized spacial score (nSPS) is 13.2. The van der Waals surface area contributed by atoms with E-state index in [1.807, 2.05) is 30.3 Å². The molecular formula is C22H27NO6. The topological polar surface area (TPSA) is 105 Å². The summed E-state index contributed by atoms with van der Waals surface area (Å²) in [5.41, 5.74) is 1.04. The molecule has 0 fully saturated rings. The van der Waals surface area contributed by atoms with Gasteiger partial charge in [-0.05, 0) is 50.5 Å². The van der Waals surface area contributed by atoms with E-state index in [4.69, 9.17) is 14.6 Å². The summed E-state index contributed by atoms with van der Waals surface area (Å²) in [5, 5.41) is 21.5. The number of carbonyl (C=O) groups is 2. The van der Waals surface area contributed by atoms with Gasteiger partial charge in [-0.25, -0.2) is 9.59 Å². The molecule has 0 unspecified atom stereocenters. The molecule has 2 rings (SSSR count). The number of ether oxygens (including phenoxy) is 2. The minimum absolute atomic E-state index is 0.117. The van der Waals surface area contributed by atoms with E-state index in [2.05, 4.69) is 5.32 Å². The van der Waals surface area contributed by atoms with Crippen molar-refractivity contribution in [2.75, 3.05) is 0 Å². The number of alkyl carbamates (subject to hydrolysis) is 1. The highest BCUT2D eigenvalue weighted by molar-refractivity contribution is 5.75. The maximum absolute atomic E-state index is 12.0. The monoisotopic (exact) mass is 401 g/mol. The molecule has 0 aliphatic carbocycles. The Kier molecular flexibility index (Phi) is 7.61. The summed E-state index contributed by atoms with van der Waals surface area (Å²) >= 11 is 0. The molecule has 2 aromatic rings. The van der Waals surface area contributed by atoms with Crippen molar-refractivity contribution in [2.45, 2.75) is 51.5 Å². The number of carboxylic acid groups (broad SMARTS) is 1. The summed E-state index contributed by atoms with van der Waals surface area (Å²) < 4.78 is 10.9. The Morgan fingerprint density at radius 1 is 1.00 bits per heavy atom. The molecule has 2 aromatic carbocycles. The molecule has 1 amide bonds. The van der Waals surface area contributed by atoms with Crippen molar-refractivity contribution in [1.29, 1.82) is 0 Å². The van der Waals surface area contributed by atoms with Gasteiger partial charge in [-0.3, -0.25) is 0 Å². The lowest BCUT2D eigenvalue weighted by atomic mass is 10.0. The Bertz CT molecular complexity index is 798. The van der Waals surface area contributed by atoms with E-state index in [1.165, 1.54) is 0 Å². The van der Waals surface area contributed by atoms with Gasteiger partial charge in [-0.2, -0.15) is 0 Å². The van der Waals surface area contributed by atoms with E-state index in [0.29, 0.717) is 12.4 Å². The summed E-state index contributed by atoms with van der Waals surface area (Å²) in [5.74, 6) is -0.762. The van der Waals surface area contributed by atoms with Crippen LogP contribution in [-0.4, -0.2) is 40.0 Å². The zero-order valence-corrected chi connectivity index (χ0v) is 16.8. The first-order chi connectivity index (χ1) is 13.6. The van der Waals surface area contributed by atoms with Crippen LogP contribution in [0.2, 0.25) is 0 Å². The lowest BCUT2D eigenvalue weighted by molar-refractivity contribution is -0.148. The number of hydrogen-bond donors (Lipinski definition) is 3. The second-order valence-corrected chi connectivity index (χ2v) is 7.66. The van der Waals surface area contributed by atoms with Crippen LogP contribution in [0.5, 0.6) is 5.75 Å². The highest BCUT2D eigenvalue weighted by Gasteiger charge is 2.29. The van der Waals surface area contributed by atoms with Crippen LogP contribution in [0, 0.1) is 0 Å². The fourth-order valence-electron chi connectivity index (χ4n) is 2.59. The summed E-state index contributed by atoms with van der Waals surface area (Å²) in [4.78, 5) is 23.2. The summed E-state index contributed by atoms with van der Waals surface area (Å²) in [7, 11) is 0. The number of aliphatic carboxylic acids is 1. The third kappa shape index (κ3) is 7.83. The second kappa shape index (κ2) is 9.93. The van der Waals surface area contributed by atoms with Gasteiger partial charge in [0.05, 0.1) is 6.04 Å². The molecule has 7 heteroatoms. The van der Waals surface area contributed by atoms with Crippen molar-refractivity contribution in [3.63, 3.8) is 0 Å². The van der Waals surface area contributed by atoms with Crippen molar-refractivity contribution in [3.05, 3.63) is 65.7 Å². The average Bonchev–Trinajstić information content (AvgIpc) is 2.65. The van der Waals surface area contributed by atoms with Gasteiger partial charge in [0.15, 0.2) is 6.10 Å². The molecule has 0 spiro atoms. The number of carbonyl (C=O) groups excluding carboxylic acids is 1. The lowest BCUT2D eigenvalue weighted by Crippen LogP contribution is -2.49. The molecule has 0 saturated carbocycles. The van der Waals surface area contributed by atoms with E-state index in [-0.39, 0.29) is 6.42 Å². The Balaban J connectivity index is 2.00. The number of amides is 1. The van der Waals surface area contributed by atoms with E-state index in [0.717, 1.165) is 11.1 Å². The van der Waals surface area contributed by atoms with E-state index in [9.17, 15) is 14.7 Å². The van der Waals surface area contributed by atoms with Crippen LogP contribution < -0.4 is 10.1 Å². The molecule has 3 N–H and O–H groups in total. The SMILES string of the molecule is CC(C)(C)OC(=O)N[C@H](Cc1ccc(OCc2ccccc2)cc1)[C@@H](O)C(=O)O. The van der Waals surface area contributed by atoms with Crippen LogP contribution in [0.15, 0.2) is 54.6 Å². The van der Waals surface area contributed by atoms with E-state index < -0.39 is 29.8 Å². The number of aliphatic hydroxyl groups excluding tert-OH is 1. The maximum Gasteiger partial charge on any atom is 0.407 e. The van der Waals surface area contributed by atoms with Gasteiger partial charge in [-0.1, -0.05) is 42.5 Å². The Morgan fingerprint density at radius 3 is 2.17 bits per heavy atom. The van der Waals surface area contributed by atoms with Gasteiger partial charge in [0.1, 0.15) is 18.0 Å². The highest BCUT2D eigenvalue weighted by atomic mass is 16.6. The van der Waals surface area contributed by atoms with E-state index >= 15 is 0 Å². The number of rotatable bonds is 8. The van der Waals surface area contributed by atoms with Gasteiger partial charge in [0, 0.05) is 0 Å². The molecule has 0 aliphatic rings. The van der Waals surface area contributed by atoms with Gasteiger partial charge in [0.2, 0.25) is 0 Å². The van der Waals surface area contributed by atoms with E-state index in [1.54, 1.807) is 45.0 Å². The minimum atomic E-state index is -1.77. The van der Waals surface area contributed by atoms with Crippen LogP contribution in [0.25, 0.3) is 0 Å². The largest absolute Gasteiger partial charge is 0.489 e. The third-order valence-electron chi connectivity index (χ3n) is 3.96. The molecule has 29 heavy (non-hydrogen) atoms. The minimum Gasteiger partial charge on any atom is -0.489 e. The zero-order chi connectivity index (χ0) is 21.4. The quantitative estimate of drug-likeness (QED) is 0.628. The predicted octanol–water partition coefficient (Wildman–Crippen LogP) is 3.15. The fourth-order valence-corrected chi connectivity index (χ4v) is 2.59. The summed E-state index contributed by atoms with van der Waals surface area (Å²) in [6.07, 6.45) is -2.44. The van der Waals surface area contributed by atoms with Crippen molar-refractivity contribution in [3.8, 4) is 5.75 Å². The van der Waals surface area contributed by atoms with Gasteiger partial charge < -0.3 is 25.0 Å². The Labute approximate surface area is 170 Å². The first-order valence-electron chi connectivity index (χ1n) is 9.30. The number of aliphatic hydroxyl groups is 1. The second-order valence-electron chi connectivity index (χ2n) is 7.66. The molecule has 0 radical (unpaired) electrons. The summed E-state index contributed by atoms with van der Waals surface area (Å²) in [6.45, 7) is 5.52. The van der Waals surface area contributed by atoms with Gasteiger partial charge in [0.25, 0.3) is 0 Å². The predicted molar refractivity (Wildman–Crippen MR) is 108 cm³/mol. The van der Waals surface area contributed by atoms with Crippen molar-refractivity contribution in [1.82, 2.24) is 5.32 Å².